The molecule has 3 rings (SSSR count). The third-order valence-corrected chi connectivity index (χ3v) is 4.24. The lowest BCUT2D eigenvalue weighted by atomic mass is 10.2. The van der Waals surface area contributed by atoms with Crippen molar-refractivity contribution in [2.75, 3.05) is 7.11 Å². The molecule has 146 valence electrons. The molecule has 0 aliphatic rings. The number of hydrogen-bond donors (Lipinski definition) is 1. The predicted octanol–water partition coefficient (Wildman–Crippen LogP) is 3.87. The van der Waals surface area contributed by atoms with Gasteiger partial charge in [-0.15, -0.1) is 0 Å². The van der Waals surface area contributed by atoms with Crippen LogP contribution in [-0.2, 0) is 11.3 Å². The van der Waals surface area contributed by atoms with Gasteiger partial charge in [-0.3, -0.25) is 4.79 Å². The first-order valence-corrected chi connectivity index (χ1v) is 9.13. The fourth-order valence-electron chi connectivity index (χ4n) is 2.46. The van der Waals surface area contributed by atoms with Gasteiger partial charge >= 0.3 is 0 Å². The summed E-state index contributed by atoms with van der Waals surface area (Å²) in [7, 11) is 1.60. The predicted molar refractivity (Wildman–Crippen MR) is 104 cm³/mol. The Morgan fingerprint density at radius 3 is 2.46 bits per heavy atom. The van der Waals surface area contributed by atoms with Crippen molar-refractivity contribution >= 4 is 17.5 Å². The Labute approximate surface area is 167 Å². The molecule has 8 heteroatoms. The van der Waals surface area contributed by atoms with E-state index in [0.717, 1.165) is 11.3 Å². The van der Waals surface area contributed by atoms with Gasteiger partial charge in [0.2, 0.25) is 11.7 Å². The van der Waals surface area contributed by atoms with Gasteiger partial charge < -0.3 is 19.3 Å². The topological polar surface area (TPSA) is 86.5 Å². The second kappa shape index (κ2) is 9.23. The van der Waals surface area contributed by atoms with Crippen molar-refractivity contribution < 1.29 is 18.8 Å². The van der Waals surface area contributed by atoms with Crippen LogP contribution in [0.25, 0.3) is 11.4 Å². The van der Waals surface area contributed by atoms with Crippen molar-refractivity contribution in [1.29, 1.82) is 0 Å². The molecule has 0 spiro atoms. The van der Waals surface area contributed by atoms with Crippen molar-refractivity contribution in [2.24, 2.45) is 0 Å². The molecule has 0 bridgehead atoms. The number of benzene rings is 2. The smallest absolute Gasteiger partial charge is 0.261 e. The van der Waals surface area contributed by atoms with Gasteiger partial charge in [-0.2, -0.15) is 4.98 Å². The van der Waals surface area contributed by atoms with Gasteiger partial charge in [-0.1, -0.05) is 23.7 Å². The van der Waals surface area contributed by atoms with Crippen molar-refractivity contribution in [3.8, 4) is 22.9 Å². The number of methoxy groups -OCH3 is 1. The van der Waals surface area contributed by atoms with Crippen LogP contribution in [-0.4, -0.2) is 29.3 Å². The Kier molecular flexibility index (Phi) is 6.49. The molecular formula is C20H20ClN3O4. The molecule has 2 aromatic carbocycles. The minimum Gasteiger partial charge on any atom is -0.497 e. The third-order valence-electron chi connectivity index (χ3n) is 3.99. The fourth-order valence-corrected chi connectivity index (χ4v) is 2.59. The van der Waals surface area contributed by atoms with Crippen LogP contribution in [0, 0.1) is 0 Å². The molecule has 0 aliphatic carbocycles. The minimum atomic E-state index is -0.634. The van der Waals surface area contributed by atoms with E-state index < -0.39 is 6.10 Å². The van der Waals surface area contributed by atoms with Crippen molar-refractivity contribution in [3.05, 3.63) is 59.4 Å². The number of aromatic nitrogens is 2. The van der Waals surface area contributed by atoms with E-state index >= 15 is 0 Å². The summed E-state index contributed by atoms with van der Waals surface area (Å²) in [5.74, 6) is 1.80. The van der Waals surface area contributed by atoms with Crippen LogP contribution in [0.4, 0.5) is 0 Å². The number of amides is 1. The number of nitrogens with zero attached hydrogens (tertiary/aromatic N) is 2. The maximum Gasteiger partial charge on any atom is 0.261 e. The Morgan fingerprint density at radius 2 is 1.82 bits per heavy atom. The Hall–Kier alpha value is -3.06. The normalized spacial score (nSPS) is 11.7. The number of carbonyl (C=O) groups excluding carboxylic acids is 1. The lowest BCUT2D eigenvalue weighted by molar-refractivity contribution is -0.128. The minimum absolute atomic E-state index is 0.114. The summed E-state index contributed by atoms with van der Waals surface area (Å²) in [4.78, 5) is 16.7. The van der Waals surface area contributed by atoms with Gasteiger partial charge in [-0.05, 0) is 55.0 Å². The van der Waals surface area contributed by atoms with Gasteiger partial charge in [0, 0.05) is 10.6 Å². The van der Waals surface area contributed by atoms with E-state index in [2.05, 4.69) is 15.5 Å². The monoisotopic (exact) mass is 401 g/mol. The average Bonchev–Trinajstić information content (AvgIpc) is 3.20. The molecule has 0 fully saturated rings. The van der Waals surface area contributed by atoms with E-state index in [9.17, 15) is 4.79 Å². The zero-order chi connectivity index (χ0) is 19.9. The standard InChI is InChI=1S/C20H20ClN3O4/c1-3-17(27-16-10-6-14(21)7-11-16)20(25)22-12-18-23-19(24-28-18)13-4-8-15(26-2)9-5-13/h4-11,17H,3,12H2,1-2H3,(H,22,25)/t17-/m0/s1. The highest BCUT2D eigenvalue weighted by Gasteiger charge is 2.19. The van der Waals surface area contributed by atoms with Crippen LogP contribution in [0.2, 0.25) is 5.02 Å². The second-order valence-electron chi connectivity index (χ2n) is 5.93. The second-order valence-corrected chi connectivity index (χ2v) is 6.36. The van der Waals surface area contributed by atoms with Gasteiger partial charge in [0.1, 0.15) is 11.5 Å². The summed E-state index contributed by atoms with van der Waals surface area (Å²) in [6.07, 6.45) is -0.125. The van der Waals surface area contributed by atoms with Gasteiger partial charge in [0.05, 0.1) is 13.7 Å². The molecule has 0 radical (unpaired) electrons. The van der Waals surface area contributed by atoms with E-state index in [4.69, 9.17) is 25.6 Å². The molecule has 3 aromatic rings. The number of rotatable bonds is 8. The summed E-state index contributed by atoms with van der Waals surface area (Å²) in [6, 6.07) is 14.1. The summed E-state index contributed by atoms with van der Waals surface area (Å²) >= 11 is 5.86. The SMILES string of the molecule is CC[C@H](Oc1ccc(Cl)cc1)C(=O)NCc1nc(-c2ccc(OC)cc2)no1. The molecule has 1 aromatic heterocycles. The van der Waals surface area contributed by atoms with Crippen LogP contribution in [0.15, 0.2) is 53.1 Å². The Morgan fingerprint density at radius 1 is 1.14 bits per heavy atom. The number of nitrogens with one attached hydrogen (secondary N) is 1. The van der Waals surface area contributed by atoms with Gasteiger partial charge in [-0.25, -0.2) is 0 Å². The van der Waals surface area contributed by atoms with Crippen LogP contribution in [0.3, 0.4) is 0 Å². The zero-order valence-electron chi connectivity index (χ0n) is 15.5. The fraction of sp³-hybridized carbons (Fsp3) is 0.250. The lowest BCUT2D eigenvalue weighted by Gasteiger charge is -2.16. The van der Waals surface area contributed by atoms with E-state index in [1.807, 2.05) is 31.2 Å². The van der Waals surface area contributed by atoms with E-state index in [1.165, 1.54) is 0 Å². The van der Waals surface area contributed by atoms with Crippen LogP contribution >= 0.6 is 11.6 Å². The molecule has 0 saturated carbocycles. The highest BCUT2D eigenvalue weighted by atomic mass is 35.5. The quantitative estimate of drug-likeness (QED) is 0.616. The summed E-state index contributed by atoms with van der Waals surface area (Å²) in [6.45, 7) is 1.98. The zero-order valence-corrected chi connectivity index (χ0v) is 16.3. The largest absolute Gasteiger partial charge is 0.497 e. The first-order valence-electron chi connectivity index (χ1n) is 8.76. The molecule has 28 heavy (non-hydrogen) atoms. The van der Waals surface area contributed by atoms with Crippen molar-refractivity contribution in [2.45, 2.75) is 26.0 Å². The maximum atomic E-state index is 12.4. The summed E-state index contributed by atoms with van der Waals surface area (Å²) in [5.41, 5.74) is 0.791. The molecular weight excluding hydrogens is 382 g/mol. The molecule has 0 saturated heterocycles. The van der Waals surface area contributed by atoms with E-state index in [1.54, 1.807) is 31.4 Å². The maximum absolute atomic E-state index is 12.4. The van der Waals surface area contributed by atoms with E-state index in [0.29, 0.717) is 28.9 Å². The summed E-state index contributed by atoms with van der Waals surface area (Å²) < 4.78 is 16.1. The molecule has 7 nitrogen and oxygen atoms in total. The number of ether oxygens (including phenoxy) is 2. The number of hydrogen-bond acceptors (Lipinski definition) is 6. The molecule has 0 unspecified atom stereocenters. The molecule has 1 amide bonds. The van der Waals surface area contributed by atoms with Crippen molar-refractivity contribution in [1.82, 2.24) is 15.5 Å². The lowest BCUT2D eigenvalue weighted by Crippen LogP contribution is -2.37. The highest BCUT2D eigenvalue weighted by molar-refractivity contribution is 6.30. The van der Waals surface area contributed by atoms with Gasteiger partial charge in [0.15, 0.2) is 6.10 Å². The highest BCUT2D eigenvalue weighted by Crippen LogP contribution is 2.20. The van der Waals surface area contributed by atoms with Crippen LogP contribution < -0.4 is 14.8 Å². The van der Waals surface area contributed by atoms with Crippen LogP contribution in [0.5, 0.6) is 11.5 Å². The van der Waals surface area contributed by atoms with Gasteiger partial charge in [0.25, 0.3) is 5.91 Å². The molecule has 1 N–H and O–H groups in total. The first-order chi connectivity index (χ1) is 13.6. The number of carbonyl (C=O) groups is 1. The molecule has 0 aliphatic heterocycles. The molecule has 1 atom stereocenters. The third kappa shape index (κ3) is 5.01. The van der Waals surface area contributed by atoms with Crippen molar-refractivity contribution in [3.63, 3.8) is 0 Å². The Bertz CT molecular complexity index is 910. The Balaban J connectivity index is 1.57. The molecule has 1 heterocycles. The van der Waals surface area contributed by atoms with Crippen LogP contribution in [0.1, 0.15) is 19.2 Å². The number of halogens is 1. The first kappa shape index (κ1) is 19.7. The van der Waals surface area contributed by atoms with E-state index in [-0.39, 0.29) is 12.5 Å². The summed E-state index contributed by atoms with van der Waals surface area (Å²) in [5, 5.41) is 7.30. The average molecular weight is 402 g/mol.